The van der Waals surface area contributed by atoms with Crippen LogP contribution in [0, 0.1) is 0 Å². The first-order valence-corrected chi connectivity index (χ1v) is 12.9. The van der Waals surface area contributed by atoms with Crippen molar-refractivity contribution < 1.29 is 42.1 Å². The van der Waals surface area contributed by atoms with Gasteiger partial charge in [-0.3, -0.25) is 4.79 Å². The molecule has 0 saturated heterocycles. The normalized spacial score (nSPS) is 10.4. The lowest BCUT2D eigenvalue weighted by atomic mass is 10.2. The van der Waals surface area contributed by atoms with Gasteiger partial charge in [-0.05, 0) is 43.5 Å². The summed E-state index contributed by atoms with van der Waals surface area (Å²) < 4.78 is 44.9. The molecule has 204 valence electrons. The third-order valence-electron chi connectivity index (χ3n) is 4.24. The molecule has 7 nitrogen and oxygen atoms in total. The minimum Gasteiger partial charge on any atom is -0.418 e. The topological polar surface area (TPSA) is 108 Å². The molecule has 4 N–H and O–H groups in total. The number of rotatable bonds is 13. The van der Waals surface area contributed by atoms with E-state index in [0.717, 1.165) is 6.42 Å². The minimum absolute atomic E-state index is 0.0566. The van der Waals surface area contributed by atoms with E-state index >= 15 is 0 Å². The quantitative estimate of drug-likeness (QED) is 0.192. The molecule has 11 heteroatoms. The lowest BCUT2D eigenvalue weighted by Gasteiger charge is -2.11. The first kappa shape index (κ1) is 33.6. The number of aliphatic hydroxyl groups is 2. The fraction of sp³-hybridized carbons (Fsp3) is 0.480. The molecule has 36 heavy (non-hydrogen) atoms. The zero-order valence-corrected chi connectivity index (χ0v) is 21.4. The van der Waals surface area contributed by atoms with Crippen molar-refractivity contribution in [3.05, 3.63) is 60.7 Å². The van der Waals surface area contributed by atoms with Gasteiger partial charge in [0, 0.05) is 19.8 Å². The zero-order valence-electron chi connectivity index (χ0n) is 20.5. The van der Waals surface area contributed by atoms with Gasteiger partial charge in [-0.25, -0.2) is 0 Å². The molecule has 0 aliphatic rings. The number of benzene rings is 2. The molecule has 0 fully saturated rings. The van der Waals surface area contributed by atoms with Gasteiger partial charge < -0.3 is 29.5 Å². The molecule has 2 aromatic carbocycles. The Morgan fingerprint density at radius 1 is 0.806 bits per heavy atom. The molecule has 0 atom stereocenters. The standard InChI is InChI=1S/C12H11O3P.C7H16O.C6H10F3NO2/c13-16(14-11-7-3-1-4-8-11)15-12-9-5-2-6-10-12;1-2-3-4-5-6-7-8;7-6(8,9)5(12)10-3-1-2-4-11/h1-10,13H;8H,2-7H2,1H3;11H,1-4H2,(H,10,12). The maximum atomic E-state index is 11.5. The summed E-state index contributed by atoms with van der Waals surface area (Å²) in [4.78, 5) is 19.7. The highest BCUT2D eigenvalue weighted by Crippen LogP contribution is 2.35. The number of para-hydroxylation sites is 2. The molecular formula is C25H37F3NO6P. The molecule has 0 aliphatic carbocycles. The van der Waals surface area contributed by atoms with Gasteiger partial charge in [0.2, 0.25) is 0 Å². The van der Waals surface area contributed by atoms with Gasteiger partial charge in [0.1, 0.15) is 11.5 Å². The van der Waals surface area contributed by atoms with Gasteiger partial charge in [-0.1, -0.05) is 69.0 Å². The molecule has 0 saturated carbocycles. The summed E-state index contributed by atoms with van der Waals surface area (Å²) in [6.45, 7) is 2.42. The van der Waals surface area contributed by atoms with Crippen LogP contribution in [0.4, 0.5) is 13.2 Å². The maximum Gasteiger partial charge on any atom is 0.471 e. The maximum absolute atomic E-state index is 11.5. The van der Waals surface area contributed by atoms with E-state index in [2.05, 4.69) is 6.92 Å². The van der Waals surface area contributed by atoms with Crippen molar-refractivity contribution in [1.82, 2.24) is 5.32 Å². The van der Waals surface area contributed by atoms with Gasteiger partial charge in [0.15, 0.2) is 0 Å². The fourth-order valence-corrected chi connectivity index (χ4v) is 3.06. The monoisotopic (exact) mass is 535 g/mol. The van der Waals surface area contributed by atoms with E-state index < -0.39 is 20.7 Å². The third kappa shape index (κ3) is 19.9. The Morgan fingerprint density at radius 2 is 1.25 bits per heavy atom. The number of nitrogens with one attached hydrogen (secondary N) is 1. The summed E-state index contributed by atoms with van der Waals surface area (Å²) in [7, 11) is -1.93. The molecule has 0 unspecified atom stereocenters. The highest BCUT2D eigenvalue weighted by atomic mass is 31.2. The first-order valence-electron chi connectivity index (χ1n) is 11.8. The summed E-state index contributed by atoms with van der Waals surface area (Å²) in [5, 5.41) is 18.3. The highest BCUT2D eigenvalue weighted by molar-refractivity contribution is 7.41. The number of hydrogen-bond acceptors (Lipinski definition) is 6. The van der Waals surface area contributed by atoms with Crippen molar-refractivity contribution in [1.29, 1.82) is 0 Å². The van der Waals surface area contributed by atoms with Gasteiger partial charge in [0.05, 0.1) is 0 Å². The number of halogens is 3. The predicted molar refractivity (Wildman–Crippen MR) is 135 cm³/mol. The van der Waals surface area contributed by atoms with Crippen LogP contribution in [0.1, 0.15) is 51.9 Å². The van der Waals surface area contributed by atoms with Crippen LogP contribution < -0.4 is 14.4 Å². The van der Waals surface area contributed by atoms with Crippen LogP contribution in [0.25, 0.3) is 0 Å². The molecule has 0 heterocycles. The Labute approximate surface area is 212 Å². The van der Waals surface area contributed by atoms with Gasteiger partial charge >= 0.3 is 20.7 Å². The van der Waals surface area contributed by atoms with Gasteiger partial charge in [-0.2, -0.15) is 13.2 Å². The van der Waals surface area contributed by atoms with E-state index in [-0.39, 0.29) is 13.2 Å². The van der Waals surface area contributed by atoms with Crippen molar-refractivity contribution in [3.8, 4) is 11.5 Å². The number of hydrogen-bond donors (Lipinski definition) is 4. The SMILES string of the molecule is CCCCCCCO.O=C(NCCCCO)C(F)(F)F.OP(Oc1ccccc1)Oc1ccccc1. The molecule has 0 spiro atoms. The van der Waals surface area contributed by atoms with Crippen LogP contribution in [-0.4, -0.2) is 46.9 Å². The van der Waals surface area contributed by atoms with Crippen LogP contribution in [0.2, 0.25) is 0 Å². The summed E-state index contributed by atoms with van der Waals surface area (Å²) in [6.07, 6.45) is 2.00. The number of carbonyl (C=O) groups excluding carboxylic acids is 1. The minimum atomic E-state index is -4.81. The zero-order chi connectivity index (χ0) is 27.1. The second-order valence-corrected chi connectivity index (χ2v) is 8.21. The summed E-state index contributed by atoms with van der Waals surface area (Å²) in [5.74, 6) is -0.750. The second kappa shape index (κ2) is 21.9. The summed E-state index contributed by atoms with van der Waals surface area (Å²) in [6, 6.07) is 18.2. The molecule has 1 amide bonds. The molecule has 2 rings (SSSR count). The van der Waals surface area contributed by atoms with E-state index in [0.29, 0.717) is 30.9 Å². The van der Waals surface area contributed by atoms with Crippen molar-refractivity contribution in [3.63, 3.8) is 0 Å². The predicted octanol–water partition coefficient (Wildman–Crippen LogP) is 5.75. The average molecular weight is 536 g/mol. The average Bonchev–Trinajstić information content (AvgIpc) is 2.86. The lowest BCUT2D eigenvalue weighted by molar-refractivity contribution is -0.173. The van der Waals surface area contributed by atoms with Crippen molar-refractivity contribution >= 4 is 14.5 Å². The number of carbonyl (C=O) groups is 1. The van der Waals surface area contributed by atoms with Crippen molar-refractivity contribution in [2.75, 3.05) is 19.8 Å². The van der Waals surface area contributed by atoms with Crippen LogP contribution in [-0.2, 0) is 4.79 Å². The van der Waals surface area contributed by atoms with E-state index in [1.54, 1.807) is 29.6 Å². The Balaban J connectivity index is 0.000000545. The molecule has 0 bridgehead atoms. The first-order chi connectivity index (χ1) is 17.2. The molecule has 0 radical (unpaired) electrons. The smallest absolute Gasteiger partial charge is 0.418 e. The Morgan fingerprint density at radius 3 is 1.67 bits per heavy atom. The molecule has 0 aromatic heterocycles. The third-order valence-corrected chi connectivity index (χ3v) is 4.98. The number of alkyl halides is 3. The Hall–Kier alpha value is -2.39. The van der Waals surface area contributed by atoms with Crippen molar-refractivity contribution in [2.24, 2.45) is 0 Å². The van der Waals surface area contributed by atoms with Crippen molar-refractivity contribution in [2.45, 2.75) is 58.0 Å². The van der Waals surface area contributed by atoms with Crippen LogP contribution in [0.15, 0.2) is 60.7 Å². The van der Waals surface area contributed by atoms with Crippen LogP contribution in [0.5, 0.6) is 11.5 Å². The van der Waals surface area contributed by atoms with Gasteiger partial charge in [-0.15, -0.1) is 0 Å². The highest BCUT2D eigenvalue weighted by Gasteiger charge is 2.38. The van der Waals surface area contributed by atoms with Crippen LogP contribution >= 0.6 is 8.60 Å². The molecular weight excluding hydrogens is 498 g/mol. The Bertz CT molecular complexity index is 722. The lowest BCUT2D eigenvalue weighted by Crippen LogP contribution is -2.37. The number of unbranched alkanes of at least 4 members (excludes halogenated alkanes) is 5. The Kier molecular flexibility index (Phi) is 20.4. The van der Waals surface area contributed by atoms with Crippen LogP contribution in [0.3, 0.4) is 0 Å². The second-order valence-electron chi connectivity index (χ2n) is 7.37. The van der Waals surface area contributed by atoms with E-state index in [9.17, 15) is 22.9 Å². The summed E-state index contributed by atoms with van der Waals surface area (Å²) in [5.41, 5.74) is 0. The number of amides is 1. The fourth-order valence-electron chi connectivity index (χ4n) is 2.42. The largest absolute Gasteiger partial charge is 0.471 e. The molecule has 0 aliphatic heterocycles. The van der Waals surface area contributed by atoms with E-state index in [4.69, 9.17) is 19.3 Å². The molecule has 2 aromatic rings. The summed E-state index contributed by atoms with van der Waals surface area (Å²) >= 11 is 0. The van der Waals surface area contributed by atoms with E-state index in [1.165, 1.54) is 25.7 Å². The van der Waals surface area contributed by atoms with E-state index in [1.807, 2.05) is 36.4 Å². The number of aliphatic hydroxyl groups excluding tert-OH is 2. The van der Waals surface area contributed by atoms with Gasteiger partial charge in [0.25, 0.3) is 0 Å².